The number of sulfonamides is 1. The topological polar surface area (TPSA) is 86.8 Å². The molecule has 1 fully saturated rings. The maximum atomic E-state index is 12.7. The minimum Gasteiger partial charge on any atom is -0.339 e. The number of nitrogens with zero attached hydrogens (tertiary/aromatic N) is 2. The van der Waals surface area contributed by atoms with Crippen LogP contribution in [0.3, 0.4) is 0 Å². The number of carbonyl (C=O) groups is 2. The molecule has 0 aromatic heterocycles. The molecule has 1 heterocycles. The molecule has 0 atom stereocenters. The lowest BCUT2D eigenvalue weighted by atomic mass is 10.1. The average molecular weight is 458 g/mol. The van der Waals surface area contributed by atoms with Crippen LogP contribution in [0.2, 0.25) is 0 Å². The standard InChI is InChI=1S/C24H31N3O4S/c1-3-26(4-2)23(28)20-11-13-22(14-12-20)32(30,31)25-18-19-9-8-10-21(17-19)24(29)27-15-6-5-7-16-27/h8-14,17,25H,3-7,15-16,18H2,1-2H3. The van der Waals surface area contributed by atoms with Gasteiger partial charge in [-0.1, -0.05) is 12.1 Å². The lowest BCUT2D eigenvalue weighted by Crippen LogP contribution is -2.35. The average Bonchev–Trinajstić information content (AvgIpc) is 2.84. The van der Waals surface area contributed by atoms with E-state index in [-0.39, 0.29) is 23.3 Å². The Balaban J connectivity index is 1.66. The van der Waals surface area contributed by atoms with Crippen LogP contribution in [0.1, 0.15) is 59.4 Å². The molecule has 0 radical (unpaired) electrons. The van der Waals surface area contributed by atoms with Crippen LogP contribution in [-0.2, 0) is 16.6 Å². The van der Waals surface area contributed by atoms with Crippen molar-refractivity contribution in [3.63, 3.8) is 0 Å². The summed E-state index contributed by atoms with van der Waals surface area (Å²) in [5, 5.41) is 0. The molecule has 8 heteroatoms. The number of likely N-dealkylation sites (tertiary alicyclic amines) is 1. The van der Waals surface area contributed by atoms with Gasteiger partial charge in [-0.3, -0.25) is 9.59 Å². The van der Waals surface area contributed by atoms with Crippen molar-refractivity contribution in [1.82, 2.24) is 14.5 Å². The minimum atomic E-state index is -3.76. The zero-order chi connectivity index (χ0) is 23.1. The summed E-state index contributed by atoms with van der Waals surface area (Å²) in [4.78, 5) is 28.7. The highest BCUT2D eigenvalue weighted by Gasteiger charge is 2.19. The quantitative estimate of drug-likeness (QED) is 0.659. The monoisotopic (exact) mass is 457 g/mol. The first-order valence-corrected chi connectivity index (χ1v) is 12.6. The van der Waals surface area contributed by atoms with E-state index >= 15 is 0 Å². The third kappa shape index (κ3) is 5.75. The Morgan fingerprint density at radius 1 is 0.938 bits per heavy atom. The van der Waals surface area contributed by atoms with Crippen molar-refractivity contribution >= 4 is 21.8 Å². The molecule has 2 aromatic carbocycles. The third-order valence-corrected chi connectivity index (χ3v) is 7.16. The Labute approximate surface area is 190 Å². The lowest BCUT2D eigenvalue weighted by Gasteiger charge is -2.26. The molecule has 172 valence electrons. The van der Waals surface area contributed by atoms with Gasteiger partial charge < -0.3 is 9.80 Å². The molecular weight excluding hydrogens is 426 g/mol. The molecule has 0 spiro atoms. The Morgan fingerprint density at radius 2 is 1.59 bits per heavy atom. The maximum absolute atomic E-state index is 12.7. The number of rotatable bonds is 8. The normalized spacial score (nSPS) is 14.2. The van der Waals surface area contributed by atoms with E-state index in [9.17, 15) is 18.0 Å². The van der Waals surface area contributed by atoms with Crippen LogP contribution in [0.25, 0.3) is 0 Å². The third-order valence-electron chi connectivity index (χ3n) is 5.75. The van der Waals surface area contributed by atoms with Crippen molar-refractivity contribution in [3.8, 4) is 0 Å². The molecular formula is C24H31N3O4S. The van der Waals surface area contributed by atoms with Gasteiger partial charge in [-0.05, 0) is 75.1 Å². The molecule has 0 saturated carbocycles. The number of benzene rings is 2. The largest absolute Gasteiger partial charge is 0.339 e. The molecule has 1 saturated heterocycles. The van der Waals surface area contributed by atoms with Crippen LogP contribution >= 0.6 is 0 Å². The Hall–Kier alpha value is -2.71. The van der Waals surface area contributed by atoms with Crippen LogP contribution < -0.4 is 4.72 Å². The zero-order valence-corrected chi connectivity index (χ0v) is 19.5. The van der Waals surface area contributed by atoms with E-state index in [2.05, 4.69) is 4.72 Å². The first kappa shape index (κ1) is 23.9. The molecule has 1 aliphatic heterocycles. The number of amides is 2. The van der Waals surface area contributed by atoms with Gasteiger partial charge in [-0.2, -0.15) is 0 Å². The molecule has 7 nitrogen and oxygen atoms in total. The lowest BCUT2D eigenvalue weighted by molar-refractivity contribution is 0.0723. The van der Waals surface area contributed by atoms with Crippen molar-refractivity contribution in [2.75, 3.05) is 26.2 Å². The van der Waals surface area contributed by atoms with Crippen molar-refractivity contribution in [3.05, 3.63) is 65.2 Å². The van der Waals surface area contributed by atoms with E-state index in [0.29, 0.717) is 29.8 Å². The van der Waals surface area contributed by atoms with E-state index in [0.717, 1.165) is 32.4 Å². The number of carbonyl (C=O) groups excluding carboxylic acids is 2. The summed E-state index contributed by atoms with van der Waals surface area (Å²) in [7, 11) is -3.76. The minimum absolute atomic E-state index is 0.0112. The molecule has 1 aliphatic rings. The summed E-state index contributed by atoms with van der Waals surface area (Å²) in [6, 6.07) is 13.0. The van der Waals surface area contributed by atoms with Crippen molar-refractivity contribution in [2.24, 2.45) is 0 Å². The van der Waals surface area contributed by atoms with Gasteiger partial charge in [0, 0.05) is 43.9 Å². The van der Waals surface area contributed by atoms with E-state index in [1.807, 2.05) is 18.7 Å². The second-order valence-corrected chi connectivity index (χ2v) is 9.65. The summed E-state index contributed by atoms with van der Waals surface area (Å²) >= 11 is 0. The van der Waals surface area contributed by atoms with Crippen LogP contribution in [0.5, 0.6) is 0 Å². The van der Waals surface area contributed by atoms with Crippen molar-refractivity contribution in [1.29, 1.82) is 0 Å². The SMILES string of the molecule is CCN(CC)C(=O)c1ccc(S(=O)(=O)NCc2cccc(C(=O)N3CCCCC3)c2)cc1. The Morgan fingerprint density at radius 3 is 2.22 bits per heavy atom. The molecule has 32 heavy (non-hydrogen) atoms. The number of piperidine rings is 1. The van der Waals surface area contributed by atoms with E-state index in [1.54, 1.807) is 29.2 Å². The van der Waals surface area contributed by atoms with Crippen molar-refractivity contribution in [2.45, 2.75) is 44.6 Å². The highest BCUT2D eigenvalue weighted by molar-refractivity contribution is 7.89. The zero-order valence-electron chi connectivity index (χ0n) is 18.7. The van der Waals surface area contributed by atoms with Gasteiger partial charge >= 0.3 is 0 Å². The predicted molar refractivity (Wildman–Crippen MR) is 124 cm³/mol. The molecule has 2 amide bonds. The Kier molecular flexibility index (Phi) is 8.04. The first-order valence-electron chi connectivity index (χ1n) is 11.1. The van der Waals surface area contributed by atoms with Gasteiger partial charge in [-0.15, -0.1) is 0 Å². The van der Waals surface area contributed by atoms with Gasteiger partial charge in [0.25, 0.3) is 11.8 Å². The summed E-state index contributed by atoms with van der Waals surface area (Å²) in [5.41, 5.74) is 1.74. The fourth-order valence-corrected chi connectivity index (χ4v) is 4.84. The number of hydrogen-bond donors (Lipinski definition) is 1. The molecule has 1 N–H and O–H groups in total. The second-order valence-electron chi connectivity index (χ2n) is 7.88. The van der Waals surface area contributed by atoms with Gasteiger partial charge in [0.05, 0.1) is 4.90 Å². The fraction of sp³-hybridized carbons (Fsp3) is 0.417. The summed E-state index contributed by atoms with van der Waals surface area (Å²) in [6.07, 6.45) is 3.19. The predicted octanol–water partition coefficient (Wildman–Crippen LogP) is 3.27. The summed E-state index contributed by atoms with van der Waals surface area (Å²) in [5.74, 6) is -0.134. The number of nitrogens with one attached hydrogen (secondary N) is 1. The van der Waals surface area contributed by atoms with Crippen LogP contribution in [0.4, 0.5) is 0 Å². The van der Waals surface area contributed by atoms with Gasteiger partial charge in [0.1, 0.15) is 0 Å². The molecule has 0 aliphatic carbocycles. The molecule has 3 rings (SSSR count). The highest BCUT2D eigenvalue weighted by Crippen LogP contribution is 2.16. The van der Waals surface area contributed by atoms with Gasteiger partial charge in [0.15, 0.2) is 0 Å². The van der Waals surface area contributed by atoms with Crippen LogP contribution in [0.15, 0.2) is 53.4 Å². The van der Waals surface area contributed by atoms with E-state index in [1.165, 1.54) is 24.3 Å². The molecule has 0 bridgehead atoms. The first-order chi connectivity index (χ1) is 15.4. The van der Waals surface area contributed by atoms with Crippen LogP contribution in [0, 0.1) is 0 Å². The van der Waals surface area contributed by atoms with Crippen LogP contribution in [-0.4, -0.2) is 56.2 Å². The summed E-state index contributed by atoms with van der Waals surface area (Å²) in [6.45, 7) is 6.60. The fourth-order valence-electron chi connectivity index (χ4n) is 3.83. The molecule has 0 unspecified atom stereocenters. The van der Waals surface area contributed by atoms with E-state index < -0.39 is 10.0 Å². The highest BCUT2D eigenvalue weighted by atomic mass is 32.2. The van der Waals surface area contributed by atoms with Gasteiger partial charge in [0.2, 0.25) is 10.0 Å². The van der Waals surface area contributed by atoms with Gasteiger partial charge in [-0.25, -0.2) is 13.1 Å². The smallest absolute Gasteiger partial charge is 0.253 e. The van der Waals surface area contributed by atoms with E-state index in [4.69, 9.17) is 0 Å². The molecule has 2 aromatic rings. The van der Waals surface area contributed by atoms with Crippen molar-refractivity contribution < 1.29 is 18.0 Å². The number of hydrogen-bond acceptors (Lipinski definition) is 4. The second kappa shape index (κ2) is 10.7. The Bertz CT molecular complexity index is 1040. The maximum Gasteiger partial charge on any atom is 0.253 e. The summed E-state index contributed by atoms with van der Waals surface area (Å²) < 4.78 is 28.0.